The Morgan fingerprint density at radius 1 is 1.85 bits per heavy atom. The van der Waals surface area contributed by atoms with Crippen LogP contribution in [-0.2, 0) is 0 Å². The zero-order chi connectivity index (χ0) is 9.84. The second-order valence-electron chi connectivity index (χ2n) is 2.84. The van der Waals surface area contributed by atoms with E-state index in [9.17, 15) is 4.79 Å². The number of amides is 1. The van der Waals surface area contributed by atoms with Gasteiger partial charge in [0, 0.05) is 23.3 Å². The molecule has 0 aliphatic heterocycles. The maximum absolute atomic E-state index is 11.4. The Hall–Kier alpha value is -0.810. The van der Waals surface area contributed by atoms with Crippen molar-refractivity contribution in [2.45, 2.75) is 13.0 Å². The third-order valence-electron chi connectivity index (χ3n) is 1.62. The van der Waals surface area contributed by atoms with Gasteiger partial charge in [-0.25, -0.2) is 0 Å². The van der Waals surface area contributed by atoms with Crippen LogP contribution in [0.25, 0.3) is 0 Å². The number of nitrogens with one attached hydrogen (secondary N) is 2. The molecule has 1 rings (SSSR count). The van der Waals surface area contributed by atoms with Crippen LogP contribution in [-0.4, -0.2) is 23.5 Å². The minimum atomic E-state index is -0.136. The van der Waals surface area contributed by atoms with E-state index in [1.165, 1.54) is 0 Å². The Kier molecular flexibility index (Phi) is 3.50. The molecule has 1 amide bonds. The summed E-state index contributed by atoms with van der Waals surface area (Å²) < 4.78 is 0.859. The lowest BCUT2D eigenvalue weighted by molar-refractivity contribution is 0.0937. The number of rotatable bonds is 3. The molecule has 4 N–H and O–H groups in total. The van der Waals surface area contributed by atoms with Crippen LogP contribution in [0.2, 0.25) is 0 Å². The molecule has 0 spiro atoms. The lowest BCUT2D eigenvalue weighted by Gasteiger charge is -2.09. The minimum Gasteiger partial charge on any atom is -0.356 e. The molecule has 0 aliphatic carbocycles. The van der Waals surface area contributed by atoms with Gasteiger partial charge in [-0.3, -0.25) is 4.79 Å². The first-order valence-corrected chi connectivity index (χ1v) is 4.77. The van der Waals surface area contributed by atoms with Crippen molar-refractivity contribution >= 4 is 21.8 Å². The highest BCUT2D eigenvalue weighted by Crippen LogP contribution is 2.10. The van der Waals surface area contributed by atoms with E-state index in [1.807, 2.05) is 6.92 Å². The molecular weight excluding hydrogens is 234 g/mol. The number of nitrogens with two attached hydrogens (primary N) is 1. The second kappa shape index (κ2) is 4.43. The van der Waals surface area contributed by atoms with Crippen molar-refractivity contribution in [2.24, 2.45) is 5.73 Å². The molecule has 0 fully saturated rings. The van der Waals surface area contributed by atoms with Crippen LogP contribution in [0.3, 0.4) is 0 Å². The fourth-order valence-corrected chi connectivity index (χ4v) is 1.20. The fraction of sp³-hybridized carbons (Fsp3) is 0.375. The van der Waals surface area contributed by atoms with Crippen LogP contribution in [0.15, 0.2) is 16.7 Å². The average Bonchev–Trinajstić information content (AvgIpc) is 2.51. The van der Waals surface area contributed by atoms with Crippen LogP contribution in [0, 0.1) is 0 Å². The van der Waals surface area contributed by atoms with Gasteiger partial charge in [-0.15, -0.1) is 0 Å². The summed E-state index contributed by atoms with van der Waals surface area (Å²) >= 11 is 3.25. The molecule has 0 radical (unpaired) electrons. The number of carbonyl (C=O) groups excluding carboxylic acids is 1. The maximum Gasteiger partial charge on any atom is 0.267 e. The normalized spacial score (nSPS) is 12.5. The number of H-pyrrole nitrogens is 1. The van der Waals surface area contributed by atoms with E-state index >= 15 is 0 Å². The minimum absolute atomic E-state index is 0.00502. The summed E-state index contributed by atoms with van der Waals surface area (Å²) in [4.78, 5) is 14.2. The van der Waals surface area contributed by atoms with Crippen molar-refractivity contribution in [3.8, 4) is 0 Å². The highest BCUT2D eigenvalue weighted by Gasteiger charge is 2.09. The SMILES string of the molecule is C[C@H](CN)NC(=O)c1cc(Br)c[nH]1. The third kappa shape index (κ3) is 2.86. The Labute approximate surface area is 85.0 Å². The van der Waals surface area contributed by atoms with Crippen molar-refractivity contribution in [1.82, 2.24) is 10.3 Å². The van der Waals surface area contributed by atoms with Gasteiger partial charge in [0.25, 0.3) is 5.91 Å². The van der Waals surface area contributed by atoms with Gasteiger partial charge < -0.3 is 16.0 Å². The van der Waals surface area contributed by atoms with E-state index in [0.29, 0.717) is 12.2 Å². The molecule has 13 heavy (non-hydrogen) atoms. The summed E-state index contributed by atoms with van der Waals surface area (Å²) in [5.41, 5.74) is 5.90. The number of halogens is 1. The monoisotopic (exact) mass is 245 g/mol. The second-order valence-corrected chi connectivity index (χ2v) is 3.76. The zero-order valence-corrected chi connectivity index (χ0v) is 8.89. The highest BCUT2D eigenvalue weighted by molar-refractivity contribution is 9.10. The summed E-state index contributed by atoms with van der Waals surface area (Å²) in [5, 5.41) is 2.74. The summed E-state index contributed by atoms with van der Waals surface area (Å²) in [6, 6.07) is 1.72. The molecule has 1 aromatic heterocycles. The molecule has 0 saturated carbocycles. The van der Waals surface area contributed by atoms with Gasteiger partial charge in [0.2, 0.25) is 0 Å². The summed E-state index contributed by atoms with van der Waals surface area (Å²) in [6.07, 6.45) is 1.71. The number of carbonyl (C=O) groups is 1. The first kappa shape index (κ1) is 10.3. The van der Waals surface area contributed by atoms with Crippen LogP contribution >= 0.6 is 15.9 Å². The fourth-order valence-electron chi connectivity index (χ4n) is 0.859. The van der Waals surface area contributed by atoms with E-state index in [-0.39, 0.29) is 11.9 Å². The maximum atomic E-state index is 11.4. The Morgan fingerprint density at radius 2 is 2.54 bits per heavy atom. The van der Waals surface area contributed by atoms with Crippen LogP contribution < -0.4 is 11.1 Å². The van der Waals surface area contributed by atoms with Gasteiger partial charge in [0.05, 0.1) is 0 Å². The molecule has 1 heterocycles. The van der Waals surface area contributed by atoms with Gasteiger partial charge in [-0.05, 0) is 28.9 Å². The lowest BCUT2D eigenvalue weighted by Crippen LogP contribution is -2.37. The van der Waals surface area contributed by atoms with Gasteiger partial charge in [0.15, 0.2) is 0 Å². The Bertz CT molecular complexity index is 297. The van der Waals surface area contributed by atoms with E-state index < -0.39 is 0 Å². The molecule has 0 unspecified atom stereocenters. The predicted molar refractivity (Wildman–Crippen MR) is 54.5 cm³/mol. The highest BCUT2D eigenvalue weighted by atomic mass is 79.9. The first-order valence-electron chi connectivity index (χ1n) is 3.98. The molecule has 0 aromatic carbocycles. The predicted octanol–water partition coefficient (Wildman–Crippen LogP) is 0.854. The van der Waals surface area contributed by atoms with Crippen molar-refractivity contribution in [1.29, 1.82) is 0 Å². The average molecular weight is 246 g/mol. The topological polar surface area (TPSA) is 70.9 Å². The number of aromatic amines is 1. The Morgan fingerprint density at radius 3 is 3.00 bits per heavy atom. The number of hydrogen-bond donors (Lipinski definition) is 3. The Balaban J connectivity index is 2.58. The molecule has 4 nitrogen and oxygen atoms in total. The third-order valence-corrected chi connectivity index (χ3v) is 2.08. The van der Waals surface area contributed by atoms with Gasteiger partial charge in [-0.2, -0.15) is 0 Å². The molecule has 72 valence electrons. The summed E-state index contributed by atoms with van der Waals surface area (Å²) in [6.45, 7) is 2.30. The van der Waals surface area contributed by atoms with Crippen LogP contribution in [0.1, 0.15) is 17.4 Å². The summed E-state index contributed by atoms with van der Waals surface area (Å²) in [7, 11) is 0. The molecule has 0 aliphatic rings. The van der Waals surface area contributed by atoms with Crippen molar-refractivity contribution in [3.63, 3.8) is 0 Å². The molecule has 0 saturated heterocycles. The van der Waals surface area contributed by atoms with Gasteiger partial charge in [-0.1, -0.05) is 0 Å². The molecule has 5 heteroatoms. The molecular formula is C8H12BrN3O. The van der Waals surface area contributed by atoms with E-state index in [4.69, 9.17) is 5.73 Å². The smallest absolute Gasteiger partial charge is 0.267 e. The standard InChI is InChI=1S/C8H12BrN3O/c1-5(3-10)12-8(13)7-2-6(9)4-11-7/h2,4-5,11H,3,10H2,1H3,(H,12,13)/t5-/m1/s1. The van der Waals surface area contributed by atoms with Crippen molar-refractivity contribution < 1.29 is 4.79 Å². The molecule has 1 atom stereocenters. The largest absolute Gasteiger partial charge is 0.356 e. The quantitative estimate of drug-likeness (QED) is 0.740. The summed E-state index contributed by atoms with van der Waals surface area (Å²) in [5.74, 6) is -0.136. The number of hydrogen-bond acceptors (Lipinski definition) is 2. The first-order chi connectivity index (χ1) is 6.13. The molecule has 1 aromatic rings. The van der Waals surface area contributed by atoms with E-state index in [2.05, 4.69) is 26.2 Å². The van der Waals surface area contributed by atoms with Crippen molar-refractivity contribution in [3.05, 3.63) is 22.4 Å². The van der Waals surface area contributed by atoms with E-state index in [1.54, 1.807) is 12.3 Å². The lowest BCUT2D eigenvalue weighted by atomic mass is 10.3. The molecule has 0 bridgehead atoms. The van der Waals surface area contributed by atoms with Crippen LogP contribution in [0.4, 0.5) is 0 Å². The van der Waals surface area contributed by atoms with Gasteiger partial charge in [0.1, 0.15) is 5.69 Å². The zero-order valence-electron chi connectivity index (χ0n) is 7.30. The van der Waals surface area contributed by atoms with Crippen molar-refractivity contribution in [2.75, 3.05) is 6.54 Å². The van der Waals surface area contributed by atoms with Crippen LogP contribution in [0.5, 0.6) is 0 Å². The van der Waals surface area contributed by atoms with Gasteiger partial charge >= 0.3 is 0 Å². The van der Waals surface area contributed by atoms with E-state index in [0.717, 1.165) is 4.47 Å². The number of aromatic nitrogens is 1.